The second-order valence-electron chi connectivity index (χ2n) is 5.98. The summed E-state index contributed by atoms with van der Waals surface area (Å²) in [6.07, 6.45) is 2.68. The first kappa shape index (κ1) is 16.3. The highest BCUT2D eigenvalue weighted by Gasteiger charge is 2.20. The maximum atomic E-state index is 6.19. The maximum absolute atomic E-state index is 6.19. The molecule has 2 rings (SSSR count). The zero-order valence-electron chi connectivity index (χ0n) is 12.7. The van der Waals surface area contributed by atoms with Gasteiger partial charge in [0, 0.05) is 16.2 Å². The quantitative estimate of drug-likeness (QED) is 0.648. The fraction of sp³-hybridized carbons (Fsp3) is 0.353. The van der Waals surface area contributed by atoms with Gasteiger partial charge in [-0.25, -0.2) is 4.98 Å². The molecular weight excluding hydrogens is 350 g/mol. The summed E-state index contributed by atoms with van der Waals surface area (Å²) >= 11 is 9.53. The van der Waals surface area contributed by atoms with E-state index in [1.165, 1.54) is 5.56 Å². The second-order valence-corrected chi connectivity index (χ2v) is 7.30. The number of pyridine rings is 1. The summed E-state index contributed by atoms with van der Waals surface area (Å²) in [5.74, 6) is 1.23. The highest BCUT2D eigenvalue weighted by Crippen LogP contribution is 2.36. The molecule has 0 atom stereocenters. The third-order valence-corrected chi connectivity index (χ3v) is 3.95. The minimum Gasteiger partial charge on any atom is -0.437 e. The first-order valence-corrected chi connectivity index (χ1v) is 8.10. The van der Waals surface area contributed by atoms with Gasteiger partial charge in [0.2, 0.25) is 5.88 Å². The number of rotatable bonds is 3. The number of aromatic nitrogens is 1. The summed E-state index contributed by atoms with van der Waals surface area (Å²) in [6, 6.07) is 8.06. The highest BCUT2D eigenvalue weighted by molar-refractivity contribution is 9.10. The molecule has 0 aliphatic rings. The largest absolute Gasteiger partial charge is 0.437 e. The molecule has 2 aromatic rings. The number of hydrogen-bond acceptors (Lipinski definition) is 2. The topological polar surface area (TPSA) is 22.1 Å². The minimum atomic E-state index is -0.0116. The summed E-state index contributed by atoms with van der Waals surface area (Å²) in [4.78, 5) is 4.24. The van der Waals surface area contributed by atoms with Crippen LogP contribution >= 0.6 is 27.5 Å². The van der Waals surface area contributed by atoms with Gasteiger partial charge in [-0.2, -0.15) is 0 Å². The van der Waals surface area contributed by atoms with Gasteiger partial charge in [0.15, 0.2) is 0 Å². The molecule has 4 heteroatoms. The number of nitrogens with zero attached hydrogens (tertiary/aromatic N) is 1. The predicted molar refractivity (Wildman–Crippen MR) is 91.5 cm³/mol. The van der Waals surface area contributed by atoms with Gasteiger partial charge in [-0.3, -0.25) is 0 Å². The Kier molecular flexibility index (Phi) is 4.95. The van der Waals surface area contributed by atoms with Gasteiger partial charge in [0.1, 0.15) is 10.8 Å². The van der Waals surface area contributed by atoms with Crippen molar-refractivity contribution < 1.29 is 4.74 Å². The van der Waals surface area contributed by atoms with Crippen LogP contribution in [0.5, 0.6) is 11.6 Å². The van der Waals surface area contributed by atoms with Gasteiger partial charge in [-0.05, 0) is 45.5 Å². The molecule has 0 bridgehead atoms. The molecular formula is C17H19BrClNO. The zero-order valence-corrected chi connectivity index (χ0v) is 15.0. The Labute approximate surface area is 139 Å². The van der Waals surface area contributed by atoms with E-state index < -0.39 is 0 Å². The van der Waals surface area contributed by atoms with Crippen LogP contribution in [0.15, 0.2) is 34.9 Å². The summed E-state index contributed by atoms with van der Waals surface area (Å²) in [6.45, 7) is 8.66. The van der Waals surface area contributed by atoms with Crippen LogP contribution in [0.1, 0.15) is 38.8 Å². The molecule has 1 heterocycles. The van der Waals surface area contributed by atoms with Gasteiger partial charge in [-0.15, -0.1) is 0 Å². The molecule has 21 heavy (non-hydrogen) atoms. The first-order valence-electron chi connectivity index (χ1n) is 6.93. The zero-order chi connectivity index (χ0) is 15.6. The molecule has 0 amide bonds. The van der Waals surface area contributed by atoms with E-state index in [0.29, 0.717) is 10.9 Å². The second kappa shape index (κ2) is 6.37. The molecule has 2 nitrogen and oxygen atoms in total. The minimum absolute atomic E-state index is 0.0116. The van der Waals surface area contributed by atoms with Crippen LogP contribution in [0.4, 0.5) is 0 Å². The SMILES string of the molecule is CCc1ccc(Oc2ncc(Br)cc2Cl)c(C(C)(C)C)c1. The summed E-state index contributed by atoms with van der Waals surface area (Å²) in [5.41, 5.74) is 2.44. The molecule has 0 aliphatic carbocycles. The van der Waals surface area contributed by atoms with Crippen molar-refractivity contribution in [1.82, 2.24) is 4.98 Å². The van der Waals surface area contributed by atoms with Crippen molar-refractivity contribution in [2.45, 2.75) is 39.5 Å². The molecule has 0 aliphatic heterocycles. The molecule has 0 spiro atoms. The Bertz CT molecular complexity index is 650. The normalized spacial score (nSPS) is 11.5. The monoisotopic (exact) mass is 367 g/mol. The molecule has 0 N–H and O–H groups in total. The molecule has 1 aromatic carbocycles. The van der Waals surface area contributed by atoms with Crippen LogP contribution in [-0.2, 0) is 11.8 Å². The van der Waals surface area contributed by atoms with Crippen LogP contribution in [0.25, 0.3) is 0 Å². The van der Waals surface area contributed by atoms with Crippen molar-refractivity contribution in [3.05, 3.63) is 51.1 Å². The third kappa shape index (κ3) is 3.98. The van der Waals surface area contributed by atoms with Crippen LogP contribution < -0.4 is 4.74 Å². The Morgan fingerprint density at radius 3 is 2.52 bits per heavy atom. The van der Waals surface area contributed by atoms with E-state index in [1.54, 1.807) is 12.3 Å². The molecule has 0 saturated heterocycles. The van der Waals surface area contributed by atoms with Crippen molar-refractivity contribution >= 4 is 27.5 Å². The van der Waals surface area contributed by atoms with Crippen LogP contribution in [0.2, 0.25) is 5.02 Å². The van der Waals surface area contributed by atoms with Gasteiger partial charge >= 0.3 is 0 Å². The molecule has 1 aromatic heterocycles. The Hall–Kier alpha value is -1.06. The van der Waals surface area contributed by atoms with Crippen molar-refractivity contribution in [1.29, 1.82) is 0 Å². The van der Waals surface area contributed by atoms with Crippen molar-refractivity contribution in [2.75, 3.05) is 0 Å². The standard InChI is InChI=1S/C17H19BrClNO/c1-5-11-6-7-15(13(8-11)17(2,3)4)21-16-14(19)9-12(18)10-20-16/h6-10H,5H2,1-4H3. The van der Waals surface area contributed by atoms with Gasteiger partial charge in [-0.1, -0.05) is 51.4 Å². The van der Waals surface area contributed by atoms with E-state index in [1.807, 2.05) is 6.07 Å². The lowest BCUT2D eigenvalue weighted by atomic mass is 9.85. The molecule has 0 fully saturated rings. The van der Waals surface area contributed by atoms with E-state index in [4.69, 9.17) is 16.3 Å². The summed E-state index contributed by atoms with van der Waals surface area (Å²) in [5, 5.41) is 0.490. The van der Waals surface area contributed by atoms with Gasteiger partial charge < -0.3 is 4.74 Å². The molecule has 112 valence electrons. The average Bonchev–Trinajstić information content (AvgIpc) is 2.41. The number of halogens is 2. The van der Waals surface area contributed by atoms with Gasteiger partial charge in [0.05, 0.1) is 0 Å². The summed E-state index contributed by atoms with van der Waals surface area (Å²) in [7, 11) is 0. The lowest BCUT2D eigenvalue weighted by Crippen LogP contribution is -2.13. The van der Waals surface area contributed by atoms with Crippen LogP contribution in [-0.4, -0.2) is 4.98 Å². The highest BCUT2D eigenvalue weighted by atomic mass is 79.9. The number of aryl methyl sites for hydroxylation is 1. The van der Waals surface area contributed by atoms with Crippen LogP contribution in [0.3, 0.4) is 0 Å². The van der Waals surface area contributed by atoms with Crippen molar-refractivity contribution in [2.24, 2.45) is 0 Å². The lowest BCUT2D eigenvalue weighted by molar-refractivity contribution is 0.439. The smallest absolute Gasteiger partial charge is 0.238 e. The van der Waals surface area contributed by atoms with Crippen molar-refractivity contribution in [3.8, 4) is 11.6 Å². The fourth-order valence-corrected chi connectivity index (χ4v) is 2.72. The lowest BCUT2D eigenvalue weighted by Gasteiger charge is -2.23. The number of benzene rings is 1. The number of hydrogen-bond donors (Lipinski definition) is 0. The van der Waals surface area contributed by atoms with E-state index in [0.717, 1.165) is 22.2 Å². The number of ether oxygens (including phenoxy) is 1. The third-order valence-electron chi connectivity index (χ3n) is 3.24. The Morgan fingerprint density at radius 1 is 1.24 bits per heavy atom. The van der Waals surface area contributed by atoms with E-state index in [-0.39, 0.29) is 5.41 Å². The first-order chi connectivity index (χ1) is 9.81. The Balaban J connectivity index is 2.44. The molecule has 0 radical (unpaired) electrons. The Morgan fingerprint density at radius 2 is 1.95 bits per heavy atom. The molecule has 0 saturated carbocycles. The van der Waals surface area contributed by atoms with E-state index in [9.17, 15) is 0 Å². The van der Waals surface area contributed by atoms with E-state index >= 15 is 0 Å². The van der Waals surface area contributed by atoms with Crippen LogP contribution in [0, 0.1) is 0 Å². The average molecular weight is 369 g/mol. The predicted octanol–water partition coefficient (Wildman–Crippen LogP) is 6.15. The van der Waals surface area contributed by atoms with Crippen molar-refractivity contribution in [3.63, 3.8) is 0 Å². The summed E-state index contributed by atoms with van der Waals surface area (Å²) < 4.78 is 6.79. The fourth-order valence-electron chi connectivity index (χ4n) is 2.05. The molecule has 0 unspecified atom stereocenters. The van der Waals surface area contributed by atoms with E-state index in [2.05, 4.69) is 60.7 Å². The van der Waals surface area contributed by atoms with Gasteiger partial charge in [0.25, 0.3) is 0 Å². The maximum Gasteiger partial charge on any atom is 0.238 e.